The van der Waals surface area contributed by atoms with Crippen molar-refractivity contribution in [3.63, 3.8) is 0 Å². The van der Waals surface area contributed by atoms with E-state index >= 15 is 0 Å². The molecule has 0 saturated carbocycles. The molecule has 2 heterocycles. The summed E-state index contributed by atoms with van der Waals surface area (Å²) in [5.41, 5.74) is 2.96. The molecular weight excluding hydrogens is 312 g/mol. The van der Waals surface area contributed by atoms with Crippen molar-refractivity contribution in [3.05, 3.63) is 35.8 Å². The average Bonchev–Trinajstić information content (AvgIpc) is 2.84. The lowest BCUT2D eigenvalue weighted by molar-refractivity contribution is 0.556. The van der Waals surface area contributed by atoms with Gasteiger partial charge in [-0.2, -0.15) is 5.10 Å². The lowest BCUT2D eigenvalue weighted by atomic mass is 10.2. The molecule has 6 nitrogen and oxygen atoms in total. The third-order valence-electron chi connectivity index (χ3n) is 3.63. The summed E-state index contributed by atoms with van der Waals surface area (Å²) in [7, 11) is -1.52. The van der Waals surface area contributed by atoms with Crippen molar-refractivity contribution in [2.24, 2.45) is 7.05 Å². The van der Waals surface area contributed by atoms with E-state index in [1.54, 1.807) is 43.8 Å². The largest absolute Gasteiger partial charge is 0.380 e. The second kappa shape index (κ2) is 6.31. The molecule has 0 radical (unpaired) electrons. The minimum atomic E-state index is -3.42. The van der Waals surface area contributed by atoms with E-state index in [1.807, 2.05) is 13.2 Å². The number of nitrogens with one attached hydrogen (secondary N) is 1. The Bertz CT molecular complexity index is 771. The summed E-state index contributed by atoms with van der Waals surface area (Å²) in [6.45, 7) is 7.71. The Morgan fingerprint density at radius 1 is 1.26 bits per heavy atom. The number of anilines is 1. The second-order valence-electron chi connectivity index (χ2n) is 6.48. The minimum absolute atomic E-state index is 0.103. The van der Waals surface area contributed by atoms with E-state index in [-0.39, 0.29) is 5.03 Å². The summed E-state index contributed by atoms with van der Waals surface area (Å²) in [6.07, 6.45) is 4.41. The highest BCUT2D eigenvalue weighted by Crippen LogP contribution is 2.24. The van der Waals surface area contributed by atoms with E-state index in [1.165, 1.54) is 0 Å². The molecular formula is C16H24N4O2S. The zero-order valence-corrected chi connectivity index (χ0v) is 15.1. The highest BCUT2D eigenvalue weighted by Gasteiger charge is 2.31. The molecule has 0 unspecified atom stereocenters. The third-order valence-corrected chi connectivity index (χ3v) is 6.03. The van der Waals surface area contributed by atoms with Gasteiger partial charge in [-0.25, -0.2) is 13.4 Å². The van der Waals surface area contributed by atoms with Gasteiger partial charge >= 0.3 is 0 Å². The number of rotatable bonds is 5. The lowest BCUT2D eigenvalue weighted by Crippen LogP contribution is -2.28. The highest BCUT2D eigenvalue weighted by molar-refractivity contribution is 7.92. The molecule has 23 heavy (non-hydrogen) atoms. The van der Waals surface area contributed by atoms with E-state index < -0.39 is 14.6 Å². The maximum absolute atomic E-state index is 12.3. The van der Waals surface area contributed by atoms with Crippen LogP contribution < -0.4 is 5.32 Å². The average molecular weight is 336 g/mol. The van der Waals surface area contributed by atoms with E-state index in [4.69, 9.17) is 0 Å². The van der Waals surface area contributed by atoms with Crippen LogP contribution in [0.15, 0.2) is 29.6 Å². The molecule has 2 rings (SSSR count). The first kappa shape index (κ1) is 17.5. The SMILES string of the molecule is CCc1nn(C)cc1CNc1ccc(S(=O)(=O)C(C)(C)C)nc1. The molecule has 0 amide bonds. The van der Waals surface area contributed by atoms with Crippen LogP contribution in [0.2, 0.25) is 0 Å². The molecule has 0 aromatic carbocycles. The molecule has 0 atom stereocenters. The maximum atomic E-state index is 12.3. The summed E-state index contributed by atoms with van der Waals surface area (Å²) in [4.78, 5) is 4.11. The fraction of sp³-hybridized carbons (Fsp3) is 0.500. The van der Waals surface area contributed by atoms with Crippen LogP contribution in [0.1, 0.15) is 39.0 Å². The van der Waals surface area contributed by atoms with Gasteiger partial charge in [0.05, 0.1) is 22.3 Å². The third kappa shape index (κ3) is 3.72. The van der Waals surface area contributed by atoms with Gasteiger partial charge in [-0.3, -0.25) is 4.68 Å². The lowest BCUT2D eigenvalue weighted by Gasteiger charge is -2.18. The Morgan fingerprint density at radius 2 is 1.96 bits per heavy atom. The standard InChI is InChI=1S/C16H24N4O2S/c1-6-14-12(11-20(5)19-14)9-17-13-7-8-15(18-10-13)23(21,22)16(2,3)4/h7-8,10-11,17H,6,9H2,1-5H3. The first-order valence-electron chi connectivity index (χ1n) is 7.61. The Morgan fingerprint density at radius 3 is 2.48 bits per heavy atom. The summed E-state index contributed by atoms with van der Waals surface area (Å²) in [6, 6.07) is 3.29. The van der Waals surface area contributed by atoms with Crippen LogP contribution in [0.25, 0.3) is 0 Å². The number of nitrogens with zero attached hydrogens (tertiary/aromatic N) is 3. The fourth-order valence-electron chi connectivity index (χ4n) is 2.18. The molecule has 0 spiro atoms. The second-order valence-corrected chi connectivity index (χ2v) is 9.13. The van der Waals surface area contributed by atoms with Gasteiger partial charge in [-0.15, -0.1) is 0 Å². The molecule has 0 saturated heterocycles. The molecule has 0 aliphatic heterocycles. The zero-order valence-electron chi connectivity index (χ0n) is 14.3. The van der Waals surface area contributed by atoms with Gasteiger partial charge in [-0.1, -0.05) is 6.92 Å². The maximum Gasteiger partial charge on any atom is 0.200 e. The van der Waals surface area contributed by atoms with Gasteiger partial charge in [0, 0.05) is 25.4 Å². The van der Waals surface area contributed by atoms with Gasteiger partial charge in [0.2, 0.25) is 0 Å². The quantitative estimate of drug-likeness (QED) is 0.908. The molecule has 1 N–H and O–H groups in total. The molecule has 0 fully saturated rings. The van der Waals surface area contributed by atoms with Crippen LogP contribution in [0.5, 0.6) is 0 Å². The van der Waals surface area contributed by atoms with Crippen molar-refractivity contribution in [3.8, 4) is 0 Å². The van der Waals surface area contributed by atoms with Crippen LogP contribution in [-0.2, 0) is 29.9 Å². The first-order chi connectivity index (χ1) is 10.6. The van der Waals surface area contributed by atoms with Crippen molar-refractivity contribution >= 4 is 15.5 Å². The Balaban J connectivity index is 2.12. The Kier molecular flexibility index (Phi) is 4.79. The van der Waals surface area contributed by atoms with Crippen LogP contribution in [0.4, 0.5) is 5.69 Å². The van der Waals surface area contributed by atoms with Crippen LogP contribution >= 0.6 is 0 Å². The zero-order chi connectivity index (χ0) is 17.3. The number of sulfone groups is 1. The van der Waals surface area contributed by atoms with Crippen molar-refractivity contribution < 1.29 is 8.42 Å². The molecule has 2 aromatic rings. The minimum Gasteiger partial charge on any atom is -0.380 e. The van der Waals surface area contributed by atoms with E-state index in [9.17, 15) is 8.42 Å². The number of pyridine rings is 1. The normalized spacial score (nSPS) is 12.4. The highest BCUT2D eigenvalue weighted by atomic mass is 32.2. The van der Waals surface area contributed by atoms with Crippen molar-refractivity contribution in [2.75, 3.05) is 5.32 Å². The fourth-order valence-corrected chi connectivity index (χ4v) is 3.25. The Hall–Kier alpha value is -1.89. The first-order valence-corrected chi connectivity index (χ1v) is 9.09. The molecule has 126 valence electrons. The number of aromatic nitrogens is 3. The van der Waals surface area contributed by atoms with Crippen molar-refractivity contribution in [1.82, 2.24) is 14.8 Å². The van der Waals surface area contributed by atoms with Gasteiger partial charge < -0.3 is 5.32 Å². The molecule has 0 bridgehead atoms. The smallest absolute Gasteiger partial charge is 0.200 e. The predicted molar refractivity (Wildman–Crippen MR) is 91.1 cm³/mol. The topological polar surface area (TPSA) is 76.9 Å². The van der Waals surface area contributed by atoms with Crippen LogP contribution in [0, 0.1) is 0 Å². The van der Waals surface area contributed by atoms with Crippen molar-refractivity contribution in [2.45, 2.75) is 50.4 Å². The van der Waals surface area contributed by atoms with E-state index in [2.05, 4.69) is 22.3 Å². The summed E-state index contributed by atoms with van der Waals surface area (Å²) in [5, 5.41) is 7.76. The predicted octanol–water partition coefficient (Wildman–Crippen LogP) is 2.56. The number of hydrogen-bond donors (Lipinski definition) is 1. The van der Waals surface area contributed by atoms with Crippen LogP contribution in [0.3, 0.4) is 0 Å². The van der Waals surface area contributed by atoms with Gasteiger partial charge in [-0.05, 0) is 39.3 Å². The summed E-state index contributed by atoms with van der Waals surface area (Å²) >= 11 is 0. The van der Waals surface area contributed by atoms with Gasteiger partial charge in [0.25, 0.3) is 0 Å². The van der Waals surface area contributed by atoms with E-state index in [0.29, 0.717) is 6.54 Å². The Labute approximate surface area is 137 Å². The molecule has 0 aliphatic carbocycles. The van der Waals surface area contributed by atoms with Gasteiger partial charge in [0.1, 0.15) is 0 Å². The molecule has 0 aliphatic rings. The van der Waals surface area contributed by atoms with Crippen molar-refractivity contribution in [1.29, 1.82) is 0 Å². The van der Waals surface area contributed by atoms with Gasteiger partial charge in [0.15, 0.2) is 14.9 Å². The monoisotopic (exact) mass is 336 g/mol. The summed E-state index contributed by atoms with van der Waals surface area (Å²) in [5.74, 6) is 0. The molecule has 2 aromatic heterocycles. The summed E-state index contributed by atoms with van der Waals surface area (Å²) < 4.78 is 25.6. The molecule has 7 heteroatoms. The van der Waals surface area contributed by atoms with E-state index in [0.717, 1.165) is 23.4 Å². The number of hydrogen-bond acceptors (Lipinski definition) is 5. The number of aryl methyl sites for hydroxylation is 2. The van der Waals surface area contributed by atoms with Crippen LogP contribution in [-0.4, -0.2) is 27.9 Å².